The minimum absolute atomic E-state index is 0.255. The van der Waals surface area contributed by atoms with E-state index in [1.165, 1.54) is 0 Å². The monoisotopic (exact) mass is 216 g/mol. The number of rotatable bonds is 8. The molecule has 0 aromatic rings. The van der Waals surface area contributed by atoms with E-state index in [1.54, 1.807) is 7.11 Å². The highest BCUT2D eigenvalue weighted by molar-refractivity contribution is 4.76. The maximum Gasteiger partial charge on any atom is 0.0615 e. The molecule has 0 amide bonds. The van der Waals surface area contributed by atoms with E-state index in [0.717, 1.165) is 26.1 Å². The van der Waals surface area contributed by atoms with Crippen LogP contribution in [0.3, 0.4) is 0 Å². The van der Waals surface area contributed by atoms with E-state index in [-0.39, 0.29) is 5.54 Å². The molecule has 0 aliphatic heterocycles. The Morgan fingerprint density at radius 2 is 2.00 bits per heavy atom. The number of ether oxygens (including phenoxy) is 1. The smallest absolute Gasteiger partial charge is 0.0615 e. The van der Waals surface area contributed by atoms with Gasteiger partial charge in [0.25, 0.3) is 0 Å². The van der Waals surface area contributed by atoms with Crippen molar-refractivity contribution in [2.45, 2.75) is 45.7 Å². The van der Waals surface area contributed by atoms with Gasteiger partial charge in [-0.25, -0.2) is 0 Å². The summed E-state index contributed by atoms with van der Waals surface area (Å²) in [5.41, 5.74) is 0.255. The van der Waals surface area contributed by atoms with E-state index in [4.69, 9.17) is 4.74 Å². The highest BCUT2D eigenvalue weighted by Gasteiger charge is 2.14. The Labute approximate surface area is 95.2 Å². The Balaban J connectivity index is 3.67. The summed E-state index contributed by atoms with van der Waals surface area (Å²) in [5.74, 6) is 0. The first-order valence-corrected chi connectivity index (χ1v) is 5.87. The second kappa shape index (κ2) is 7.20. The van der Waals surface area contributed by atoms with Crippen molar-refractivity contribution in [1.29, 1.82) is 0 Å². The van der Waals surface area contributed by atoms with Crippen molar-refractivity contribution >= 4 is 0 Å². The van der Waals surface area contributed by atoms with E-state index >= 15 is 0 Å². The topological polar surface area (TPSA) is 24.5 Å². The molecule has 0 radical (unpaired) electrons. The summed E-state index contributed by atoms with van der Waals surface area (Å²) in [6.45, 7) is 11.8. The molecule has 0 spiro atoms. The van der Waals surface area contributed by atoms with Crippen molar-refractivity contribution in [3.8, 4) is 0 Å². The summed E-state index contributed by atoms with van der Waals surface area (Å²) in [4.78, 5) is 2.32. The van der Waals surface area contributed by atoms with Crippen LogP contribution in [-0.4, -0.2) is 50.3 Å². The number of methoxy groups -OCH3 is 1. The predicted octanol–water partition coefficient (Wildman–Crippen LogP) is 1.73. The zero-order valence-electron chi connectivity index (χ0n) is 11.3. The van der Waals surface area contributed by atoms with E-state index in [9.17, 15) is 0 Å². The molecule has 92 valence electrons. The summed E-state index contributed by atoms with van der Waals surface area (Å²) >= 11 is 0. The molecule has 0 aromatic carbocycles. The van der Waals surface area contributed by atoms with Crippen LogP contribution in [0.1, 0.15) is 34.1 Å². The minimum atomic E-state index is 0.255. The third-order valence-corrected chi connectivity index (χ3v) is 3.11. The van der Waals surface area contributed by atoms with Crippen LogP contribution in [-0.2, 0) is 4.74 Å². The highest BCUT2D eigenvalue weighted by Crippen LogP contribution is 2.06. The summed E-state index contributed by atoms with van der Waals surface area (Å²) < 4.78 is 5.13. The maximum atomic E-state index is 5.13. The number of hydrogen-bond acceptors (Lipinski definition) is 3. The largest absolute Gasteiger partial charge is 0.383 e. The van der Waals surface area contributed by atoms with Crippen LogP contribution in [0.25, 0.3) is 0 Å². The molecule has 1 N–H and O–H groups in total. The molecule has 0 fully saturated rings. The highest BCUT2D eigenvalue weighted by atomic mass is 16.5. The van der Waals surface area contributed by atoms with Crippen LogP contribution in [0.15, 0.2) is 0 Å². The lowest BCUT2D eigenvalue weighted by molar-refractivity contribution is 0.114. The van der Waals surface area contributed by atoms with Crippen LogP contribution < -0.4 is 5.32 Å². The van der Waals surface area contributed by atoms with Crippen molar-refractivity contribution < 1.29 is 4.74 Å². The van der Waals surface area contributed by atoms with Gasteiger partial charge >= 0.3 is 0 Å². The molecule has 0 heterocycles. The molecule has 0 aromatic heterocycles. The molecule has 3 nitrogen and oxygen atoms in total. The second-order valence-corrected chi connectivity index (χ2v) is 4.95. The summed E-state index contributed by atoms with van der Waals surface area (Å²) in [5, 5.41) is 3.55. The molecule has 0 aliphatic carbocycles. The molecule has 1 atom stereocenters. The number of likely N-dealkylation sites (N-methyl/N-ethyl adjacent to an activating group) is 1. The predicted molar refractivity (Wildman–Crippen MR) is 66.3 cm³/mol. The van der Waals surface area contributed by atoms with Gasteiger partial charge in [-0.05, 0) is 34.2 Å². The fourth-order valence-electron chi connectivity index (χ4n) is 1.28. The molecule has 3 heteroatoms. The minimum Gasteiger partial charge on any atom is -0.383 e. The van der Waals surface area contributed by atoms with Gasteiger partial charge in [-0.2, -0.15) is 0 Å². The van der Waals surface area contributed by atoms with E-state index in [1.807, 2.05) is 0 Å². The normalized spacial score (nSPS) is 14.6. The van der Waals surface area contributed by atoms with Gasteiger partial charge in [0.2, 0.25) is 0 Å². The van der Waals surface area contributed by atoms with Gasteiger partial charge < -0.3 is 15.0 Å². The third-order valence-electron chi connectivity index (χ3n) is 3.11. The van der Waals surface area contributed by atoms with Crippen molar-refractivity contribution in [3.05, 3.63) is 0 Å². The average Bonchev–Trinajstić information content (AvgIpc) is 2.18. The zero-order chi connectivity index (χ0) is 11.9. The molecule has 0 bridgehead atoms. The van der Waals surface area contributed by atoms with Crippen molar-refractivity contribution in [1.82, 2.24) is 10.2 Å². The van der Waals surface area contributed by atoms with Gasteiger partial charge in [-0.3, -0.25) is 0 Å². The Bertz CT molecular complexity index is 160. The van der Waals surface area contributed by atoms with Gasteiger partial charge in [0.1, 0.15) is 0 Å². The fraction of sp³-hybridized carbons (Fsp3) is 1.00. The standard InChI is InChI=1S/C12H28N2O/c1-7-12(3,4)13-8-9-14(5)11(2)10-15-6/h11,13H,7-10H2,1-6H3. The van der Waals surface area contributed by atoms with Gasteiger partial charge in [0.15, 0.2) is 0 Å². The van der Waals surface area contributed by atoms with E-state index in [0.29, 0.717) is 6.04 Å². The van der Waals surface area contributed by atoms with Crippen LogP contribution in [0.4, 0.5) is 0 Å². The molecule has 0 saturated heterocycles. The third kappa shape index (κ3) is 6.88. The first kappa shape index (κ1) is 14.9. The number of nitrogens with zero attached hydrogens (tertiary/aromatic N) is 1. The first-order valence-electron chi connectivity index (χ1n) is 5.87. The van der Waals surface area contributed by atoms with Crippen LogP contribution in [0, 0.1) is 0 Å². The molecule has 0 aliphatic rings. The summed E-state index contributed by atoms with van der Waals surface area (Å²) in [7, 11) is 3.90. The molecule has 1 unspecified atom stereocenters. The fourth-order valence-corrected chi connectivity index (χ4v) is 1.28. The first-order chi connectivity index (χ1) is 6.93. The Morgan fingerprint density at radius 3 is 2.47 bits per heavy atom. The lowest BCUT2D eigenvalue weighted by atomic mass is 10.0. The Morgan fingerprint density at radius 1 is 1.40 bits per heavy atom. The molecule has 0 saturated carbocycles. The zero-order valence-corrected chi connectivity index (χ0v) is 11.3. The average molecular weight is 216 g/mol. The van der Waals surface area contributed by atoms with Crippen molar-refractivity contribution in [2.75, 3.05) is 33.9 Å². The Kier molecular flexibility index (Phi) is 7.14. The van der Waals surface area contributed by atoms with Gasteiger partial charge in [0.05, 0.1) is 6.61 Å². The number of hydrogen-bond donors (Lipinski definition) is 1. The SMILES string of the molecule is CCC(C)(C)NCCN(C)C(C)COC. The molecular formula is C12H28N2O. The van der Waals surface area contributed by atoms with Crippen LogP contribution in [0.5, 0.6) is 0 Å². The Hall–Kier alpha value is -0.120. The van der Waals surface area contributed by atoms with Gasteiger partial charge in [-0.15, -0.1) is 0 Å². The van der Waals surface area contributed by atoms with Crippen LogP contribution in [0.2, 0.25) is 0 Å². The van der Waals surface area contributed by atoms with Crippen molar-refractivity contribution in [2.24, 2.45) is 0 Å². The molecule has 15 heavy (non-hydrogen) atoms. The summed E-state index contributed by atoms with van der Waals surface area (Å²) in [6, 6.07) is 0.488. The maximum absolute atomic E-state index is 5.13. The van der Waals surface area contributed by atoms with Crippen LogP contribution >= 0.6 is 0 Å². The second-order valence-electron chi connectivity index (χ2n) is 4.95. The van der Waals surface area contributed by atoms with Crippen molar-refractivity contribution in [3.63, 3.8) is 0 Å². The summed E-state index contributed by atoms with van der Waals surface area (Å²) in [6.07, 6.45) is 1.16. The molecular weight excluding hydrogens is 188 g/mol. The lowest BCUT2D eigenvalue weighted by Crippen LogP contribution is -2.44. The lowest BCUT2D eigenvalue weighted by Gasteiger charge is -2.28. The molecule has 0 rings (SSSR count). The van der Waals surface area contributed by atoms with Gasteiger partial charge in [-0.1, -0.05) is 6.92 Å². The van der Waals surface area contributed by atoms with E-state index in [2.05, 4.69) is 45.0 Å². The van der Waals surface area contributed by atoms with E-state index < -0.39 is 0 Å². The quantitative estimate of drug-likeness (QED) is 0.669. The number of nitrogens with one attached hydrogen (secondary N) is 1. The van der Waals surface area contributed by atoms with Gasteiger partial charge in [0, 0.05) is 31.8 Å².